The number of benzene rings is 2. The quantitative estimate of drug-likeness (QED) is 0.0982. The van der Waals surface area contributed by atoms with E-state index in [2.05, 4.69) is 15.4 Å². The lowest BCUT2D eigenvalue weighted by molar-refractivity contribution is -0.184. The van der Waals surface area contributed by atoms with E-state index in [1.807, 2.05) is 44.2 Å². The molecule has 294 valence electrons. The van der Waals surface area contributed by atoms with Gasteiger partial charge in [0.15, 0.2) is 0 Å². The first kappa shape index (κ1) is 43.2. The Morgan fingerprint density at radius 3 is 2.26 bits per heavy atom. The third-order valence-corrected chi connectivity index (χ3v) is 10.7. The summed E-state index contributed by atoms with van der Waals surface area (Å²) in [5, 5.41) is 17.2. The first-order valence-corrected chi connectivity index (χ1v) is 19.3. The van der Waals surface area contributed by atoms with E-state index in [1.165, 1.54) is 33.1 Å². The van der Waals surface area contributed by atoms with Crippen molar-refractivity contribution in [1.29, 1.82) is 0 Å². The minimum Gasteiger partial charge on any atom is -0.497 e. The molecule has 15 nitrogen and oxygen atoms in total. The fraction of sp³-hybridized carbons (Fsp3) is 0.568. The Balaban J connectivity index is 1.76. The number of esters is 1. The molecule has 2 aromatic rings. The molecule has 2 amide bonds. The summed E-state index contributed by atoms with van der Waals surface area (Å²) in [6.07, 6.45) is 0.465. The molecule has 4 unspecified atom stereocenters. The number of carbonyl (C=O) groups excluding carboxylic acids is 4. The maximum absolute atomic E-state index is 13.9. The summed E-state index contributed by atoms with van der Waals surface area (Å²) < 4.78 is 41.1. The Kier molecular flexibility index (Phi) is 16.5. The van der Waals surface area contributed by atoms with E-state index in [9.17, 15) is 32.7 Å². The molecule has 1 saturated carbocycles. The molecular weight excluding hydrogens is 708 g/mol. The van der Waals surface area contributed by atoms with Gasteiger partial charge in [0, 0.05) is 19.1 Å². The number of ether oxygens (including phenoxy) is 2. The van der Waals surface area contributed by atoms with Gasteiger partial charge in [-0.2, -0.15) is 17.4 Å². The molecular formula is C37H54N4O11S. The molecule has 4 atom stereocenters. The largest absolute Gasteiger partial charge is 0.497 e. The van der Waals surface area contributed by atoms with Gasteiger partial charge in [0.05, 0.1) is 37.3 Å². The number of carbonyl (C=O) groups is 4. The van der Waals surface area contributed by atoms with E-state index in [-0.39, 0.29) is 31.1 Å². The predicted molar refractivity (Wildman–Crippen MR) is 196 cm³/mol. The van der Waals surface area contributed by atoms with Crippen molar-refractivity contribution in [3.05, 3.63) is 65.7 Å². The molecule has 3 rings (SSSR count). The van der Waals surface area contributed by atoms with Crippen LogP contribution in [0, 0.1) is 11.8 Å². The summed E-state index contributed by atoms with van der Waals surface area (Å²) in [5.74, 6) is -2.19. The SMILES string of the molecule is CCOC(=O)C(C)(C)NS(=O)(=O)N(CCC(C)C)CC(O)C(Cc1ccccc1)NC(=O)C1CCCCC1NC(=O)OOC(=O)c1ccc(OC)cc1. The molecule has 1 aliphatic rings. The summed E-state index contributed by atoms with van der Waals surface area (Å²) in [5.41, 5.74) is -0.674. The molecule has 53 heavy (non-hydrogen) atoms. The Hall–Kier alpha value is -4.25. The van der Waals surface area contributed by atoms with Crippen LogP contribution in [0.2, 0.25) is 0 Å². The number of nitrogens with one attached hydrogen (secondary N) is 3. The minimum atomic E-state index is -4.34. The zero-order chi connectivity index (χ0) is 39.2. The van der Waals surface area contributed by atoms with Gasteiger partial charge in [-0.05, 0) is 82.2 Å². The van der Waals surface area contributed by atoms with Gasteiger partial charge >= 0.3 is 18.0 Å². The van der Waals surface area contributed by atoms with Gasteiger partial charge in [0.25, 0.3) is 10.2 Å². The highest BCUT2D eigenvalue weighted by atomic mass is 32.2. The summed E-state index contributed by atoms with van der Waals surface area (Å²) in [6, 6.07) is 13.5. The third kappa shape index (κ3) is 13.6. The second-order valence-electron chi connectivity index (χ2n) is 14.0. The zero-order valence-corrected chi connectivity index (χ0v) is 32.1. The van der Waals surface area contributed by atoms with Crippen molar-refractivity contribution in [2.75, 3.05) is 26.8 Å². The predicted octanol–water partition coefficient (Wildman–Crippen LogP) is 3.66. The summed E-state index contributed by atoms with van der Waals surface area (Å²) in [4.78, 5) is 60.9. The van der Waals surface area contributed by atoms with Crippen LogP contribution in [-0.2, 0) is 40.7 Å². The molecule has 4 N–H and O–H groups in total. The van der Waals surface area contributed by atoms with Gasteiger partial charge in [-0.1, -0.05) is 57.0 Å². The standard InChI is InChI=1S/C37H54N4O11S/c1-7-50-35(45)37(4,5)40-53(47,48)41(22-21-25(2)3)24-32(42)31(23-26-13-9-8-10-14-26)38-33(43)29-15-11-12-16-30(29)39-36(46)52-51-34(44)27-17-19-28(49-6)20-18-27/h8-10,13-14,17-20,25,29-32,40,42H,7,11-12,15-16,21-24H2,1-6H3,(H,38,43)(H,39,46). The van der Waals surface area contributed by atoms with Crippen molar-refractivity contribution in [2.45, 2.75) is 96.9 Å². The topological polar surface area (TPSA) is 199 Å². The van der Waals surface area contributed by atoms with Crippen LogP contribution in [-0.4, -0.2) is 92.3 Å². The molecule has 0 aromatic heterocycles. The van der Waals surface area contributed by atoms with Crippen LogP contribution in [0.1, 0.15) is 82.6 Å². The highest BCUT2D eigenvalue weighted by Gasteiger charge is 2.39. The molecule has 16 heteroatoms. The molecule has 0 aliphatic heterocycles. The smallest absolute Gasteiger partial charge is 0.450 e. The van der Waals surface area contributed by atoms with Crippen molar-refractivity contribution in [3.63, 3.8) is 0 Å². The Morgan fingerprint density at radius 2 is 1.64 bits per heavy atom. The number of aliphatic hydroxyl groups excluding tert-OH is 1. The van der Waals surface area contributed by atoms with Gasteiger partial charge in [-0.15, -0.1) is 0 Å². The normalized spacial score (nSPS) is 17.4. The van der Waals surface area contributed by atoms with Gasteiger partial charge < -0.3 is 25.2 Å². The highest BCUT2D eigenvalue weighted by molar-refractivity contribution is 7.87. The first-order chi connectivity index (χ1) is 25.1. The van der Waals surface area contributed by atoms with Gasteiger partial charge in [0.2, 0.25) is 5.91 Å². The number of amides is 2. The molecule has 0 heterocycles. The molecule has 2 aromatic carbocycles. The van der Waals surface area contributed by atoms with E-state index in [0.717, 1.165) is 9.87 Å². The van der Waals surface area contributed by atoms with Crippen LogP contribution in [0.15, 0.2) is 54.6 Å². The molecule has 0 radical (unpaired) electrons. The summed E-state index contributed by atoms with van der Waals surface area (Å²) >= 11 is 0. The monoisotopic (exact) mass is 762 g/mol. The number of nitrogens with zero attached hydrogens (tertiary/aromatic N) is 1. The fourth-order valence-electron chi connectivity index (χ4n) is 5.87. The Bertz CT molecular complexity index is 1600. The molecule has 0 saturated heterocycles. The highest BCUT2D eigenvalue weighted by Crippen LogP contribution is 2.26. The number of rotatable bonds is 18. The second kappa shape index (κ2) is 20.3. The Labute approximate surface area is 312 Å². The number of aliphatic hydroxyl groups is 1. The lowest BCUT2D eigenvalue weighted by Crippen LogP contribution is -2.58. The van der Waals surface area contributed by atoms with Crippen LogP contribution in [0.3, 0.4) is 0 Å². The summed E-state index contributed by atoms with van der Waals surface area (Å²) in [7, 11) is -2.85. The van der Waals surface area contributed by atoms with Crippen LogP contribution in [0.25, 0.3) is 0 Å². The summed E-state index contributed by atoms with van der Waals surface area (Å²) in [6.45, 7) is 7.99. The second-order valence-corrected chi connectivity index (χ2v) is 15.6. The van der Waals surface area contributed by atoms with E-state index in [4.69, 9.17) is 19.2 Å². The van der Waals surface area contributed by atoms with Crippen molar-refractivity contribution >= 4 is 34.1 Å². The molecule has 1 fully saturated rings. The van der Waals surface area contributed by atoms with Crippen molar-refractivity contribution in [2.24, 2.45) is 11.8 Å². The van der Waals surface area contributed by atoms with E-state index in [1.54, 1.807) is 19.1 Å². The number of hydrogen-bond acceptors (Lipinski definition) is 11. The average molecular weight is 763 g/mol. The first-order valence-electron chi connectivity index (χ1n) is 17.9. The third-order valence-electron chi connectivity index (χ3n) is 8.87. The minimum absolute atomic E-state index is 0.0364. The van der Waals surface area contributed by atoms with Crippen molar-refractivity contribution in [1.82, 2.24) is 19.7 Å². The maximum atomic E-state index is 13.9. The maximum Gasteiger partial charge on any atom is 0.450 e. The lowest BCUT2D eigenvalue weighted by Gasteiger charge is -2.35. The van der Waals surface area contributed by atoms with Gasteiger partial charge in [-0.3, -0.25) is 9.59 Å². The van der Waals surface area contributed by atoms with Crippen LogP contribution in [0.5, 0.6) is 5.75 Å². The fourth-order valence-corrected chi connectivity index (χ4v) is 7.42. The van der Waals surface area contributed by atoms with Crippen molar-refractivity contribution < 1.29 is 52.0 Å². The van der Waals surface area contributed by atoms with Crippen molar-refractivity contribution in [3.8, 4) is 5.75 Å². The molecule has 0 bridgehead atoms. The van der Waals surface area contributed by atoms with Gasteiger partial charge in [-0.25, -0.2) is 19.4 Å². The zero-order valence-electron chi connectivity index (χ0n) is 31.3. The van der Waals surface area contributed by atoms with E-state index in [0.29, 0.717) is 37.9 Å². The molecule has 1 aliphatic carbocycles. The van der Waals surface area contributed by atoms with E-state index >= 15 is 0 Å². The van der Waals surface area contributed by atoms with E-state index < -0.39 is 70.3 Å². The van der Waals surface area contributed by atoms with Gasteiger partial charge in [0.1, 0.15) is 11.3 Å². The number of hydrogen-bond donors (Lipinski definition) is 4. The molecule has 0 spiro atoms. The Morgan fingerprint density at radius 1 is 0.981 bits per heavy atom. The van der Waals surface area contributed by atoms with Crippen LogP contribution >= 0.6 is 0 Å². The average Bonchev–Trinajstić information content (AvgIpc) is 3.12. The van der Waals surface area contributed by atoms with Crippen LogP contribution in [0.4, 0.5) is 4.79 Å². The van der Waals surface area contributed by atoms with Crippen LogP contribution < -0.4 is 20.1 Å². The lowest BCUT2D eigenvalue weighted by atomic mass is 9.83. The number of methoxy groups -OCH3 is 1.